The predicted octanol–water partition coefficient (Wildman–Crippen LogP) is 3.30. The van der Waals surface area contributed by atoms with E-state index in [4.69, 9.17) is 16.3 Å². The third-order valence-electron chi connectivity index (χ3n) is 2.61. The molecule has 0 saturated carbocycles. The van der Waals surface area contributed by atoms with E-state index in [2.05, 4.69) is 15.6 Å². The van der Waals surface area contributed by atoms with E-state index in [0.29, 0.717) is 16.5 Å². The van der Waals surface area contributed by atoms with E-state index >= 15 is 0 Å². The fourth-order valence-electron chi connectivity index (χ4n) is 1.61. The number of benzene rings is 1. The van der Waals surface area contributed by atoms with Gasteiger partial charge >= 0.3 is 6.03 Å². The molecule has 22 heavy (non-hydrogen) atoms. The van der Waals surface area contributed by atoms with Crippen molar-refractivity contribution in [2.45, 2.75) is 0 Å². The zero-order valence-electron chi connectivity index (χ0n) is 11.4. The summed E-state index contributed by atoms with van der Waals surface area (Å²) in [6.45, 7) is 0. The molecular weight excluding hydrogens is 312 g/mol. The monoisotopic (exact) mass is 322 g/mol. The zero-order valence-corrected chi connectivity index (χ0v) is 12.1. The van der Waals surface area contributed by atoms with Gasteiger partial charge < -0.3 is 10.1 Å². The Kier molecular flexibility index (Phi) is 4.74. The van der Waals surface area contributed by atoms with Crippen LogP contribution in [0.2, 0.25) is 5.02 Å². The average Bonchev–Trinajstić information content (AvgIpc) is 2.49. The highest BCUT2D eigenvalue weighted by atomic mass is 35.5. The molecule has 1 heterocycles. The first kappa shape index (κ1) is 15.5. The first-order valence-corrected chi connectivity index (χ1v) is 6.39. The second-order valence-electron chi connectivity index (χ2n) is 4.08. The van der Waals surface area contributed by atoms with E-state index in [0.717, 1.165) is 6.20 Å². The van der Waals surface area contributed by atoms with Gasteiger partial charge in [-0.15, -0.1) is 0 Å². The number of urea groups is 1. The smallest absolute Gasteiger partial charge is 0.324 e. The van der Waals surface area contributed by atoms with Crippen LogP contribution in [-0.2, 0) is 0 Å². The molecule has 9 heteroatoms. The van der Waals surface area contributed by atoms with Crippen LogP contribution in [0.1, 0.15) is 0 Å². The van der Waals surface area contributed by atoms with Crippen molar-refractivity contribution in [2.24, 2.45) is 0 Å². The summed E-state index contributed by atoms with van der Waals surface area (Å²) in [5.41, 5.74) is 0.261. The topological polar surface area (TPSA) is 106 Å². The number of nitrogens with one attached hydrogen (secondary N) is 2. The van der Waals surface area contributed by atoms with Gasteiger partial charge in [-0.05, 0) is 18.2 Å². The summed E-state index contributed by atoms with van der Waals surface area (Å²) in [5.74, 6) is 0.579. The highest BCUT2D eigenvalue weighted by molar-refractivity contribution is 6.30. The SMILES string of the molecule is COc1cc(Cl)ccc1NC(=O)Nc1ccc([N+](=O)[O-])cn1. The molecule has 0 fully saturated rings. The van der Waals surface area contributed by atoms with Gasteiger partial charge in [0.15, 0.2) is 0 Å². The Morgan fingerprint density at radius 3 is 2.68 bits per heavy atom. The number of anilines is 2. The van der Waals surface area contributed by atoms with Gasteiger partial charge in [-0.2, -0.15) is 0 Å². The van der Waals surface area contributed by atoms with Crippen LogP contribution in [0.4, 0.5) is 22.0 Å². The van der Waals surface area contributed by atoms with Crippen LogP contribution in [0, 0.1) is 10.1 Å². The molecule has 2 amide bonds. The lowest BCUT2D eigenvalue weighted by Gasteiger charge is -2.11. The number of methoxy groups -OCH3 is 1. The third kappa shape index (κ3) is 3.83. The molecule has 0 radical (unpaired) electrons. The number of halogens is 1. The van der Waals surface area contributed by atoms with Gasteiger partial charge in [0.1, 0.15) is 17.8 Å². The van der Waals surface area contributed by atoms with Crippen molar-refractivity contribution < 1.29 is 14.5 Å². The normalized spacial score (nSPS) is 9.91. The maximum Gasteiger partial charge on any atom is 0.324 e. The van der Waals surface area contributed by atoms with Crippen molar-refractivity contribution >= 4 is 34.8 Å². The zero-order chi connectivity index (χ0) is 16.1. The number of hydrogen-bond acceptors (Lipinski definition) is 5. The van der Waals surface area contributed by atoms with E-state index in [9.17, 15) is 14.9 Å². The van der Waals surface area contributed by atoms with Gasteiger partial charge in [-0.3, -0.25) is 15.4 Å². The molecule has 114 valence electrons. The van der Waals surface area contributed by atoms with Crippen molar-refractivity contribution in [2.75, 3.05) is 17.7 Å². The largest absolute Gasteiger partial charge is 0.495 e. The molecule has 0 bridgehead atoms. The lowest BCUT2D eigenvalue weighted by molar-refractivity contribution is -0.385. The Morgan fingerprint density at radius 2 is 2.09 bits per heavy atom. The summed E-state index contributed by atoms with van der Waals surface area (Å²) in [7, 11) is 1.45. The minimum Gasteiger partial charge on any atom is -0.495 e. The van der Waals surface area contributed by atoms with Crippen LogP contribution in [0.3, 0.4) is 0 Å². The van der Waals surface area contributed by atoms with Gasteiger partial charge in [0.2, 0.25) is 0 Å². The minimum atomic E-state index is -0.574. The number of aromatic nitrogens is 1. The van der Waals surface area contributed by atoms with Crippen LogP contribution >= 0.6 is 11.6 Å². The number of nitrogens with zero attached hydrogens (tertiary/aromatic N) is 2. The molecule has 0 atom stereocenters. The van der Waals surface area contributed by atoms with Gasteiger partial charge in [0.05, 0.1) is 17.7 Å². The third-order valence-corrected chi connectivity index (χ3v) is 2.85. The van der Waals surface area contributed by atoms with Gasteiger partial charge in [0.25, 0.3) is 5.69 Å². The van der Waals surface area contributed by atoms with Gasteiger partial charge in [-0.1, -0.05) is 11.6 Å². The van der Waals surface area contributed by atoms with Crippen LogP contribution in [0.15, 0.2) is 36.5 Å². The molecule has 0 saturated heterocycles. The van der Waals surface area contributed by atoms with Crippen molar-refractivity contribution in [3.8, 4) is 5.75 Å². The number of carbonyl (C=O) groups is 1. The molecular formula is C13H11ClN4O4. The Morgan fingerprint density at radius 1 is 1.32 bits per heavy atom. The second kappa shape index (κ2) is 6.72. The predicted molar refractivity (Wildman–Crippen MR) is 81.5 cm³/mol. The molecule has 0 unspecified atom stereocenters. The van der Waals surface area contributed by atoms with E-state index in [1.165, 1.54) is 19.2 Å². The number of hydrogen-bond donors (Lipinski definition) is 2. The summed E-state index contributed by atoms with van der Waals surface area (Å²) >= 11 is 5.83. The molecule has 1 aromatic heterocycles. The Bertz CT molecular complexity index is 706. The Labute approximate surface area is 130 Å². The summed E-state index contributed by atoms with van der Waals surface area (Å²) in [5, 5.41) is 16.0. The number of carbonyl (C=O) groups excluding carboxylic acids is 1. The lowest BCUT2D eigenvalue weighted by atomic mass is 10.3. The van der Waals surface area contributed by atoms with E-state index in [-0.39, 0.29) is 11.5 Å². The molecule has 0 aliphatic rings. The maximum atomic E-state index is 11.9. The van der Waals surface area contributed by atoms with Crippen molar-refractivity contribution in [3.63, 3.8) is 0 Å². The maximum absolute atomic E-state index is 11.9. The number of pyridine rings is 1. The van der Waals surface area contributed by atoms with Crippen LogP contribution in [-0.4, -0.2) is 23.0 Å². The number of amides is 2. The summed E-state index contributed by atoms with van der Waals surface area (Å²) in [6.07, 6.45) is 1.05. The van der Waals surface area contributed by atoms with E-state index in [1.807, 2.05) is 0 Å². The van der Waals surface area contributed by atoms with Crippen LogP contribution < -0.4 is 15.4 Å². The standard InChI is InChI=1S/C13H11ClN4O4/c1-22-11-6-8(14)2-4-10(11)16-13(19)17-12-5-3-9(7-15-12)18(20)21/h2-7H,1H3,(H2,15,16,17,19). The van der Waals surface area contributed by atoms with Gasteiger partial charge in [-0.25, -0.2) is 9.78 Å². The molecule has 0 aliphatic heterocycles. The molecule has 2 aromatic rings. The molecule has 0 spiro atoms. The summed E-state index contributed by atoms with van der Waals surface area (Å²) in [6, 6.07) is 6.75. The quantitative estimate of drug-likeness (QED) is 0.663. The first-order valence-electron chi connectivity index (χ1n) is 6.01. The lowest BCUT2D eigenvalue weighted by Crippen LogP contribution is -2.20. The number of ether oxygens (including phenoxy) is 1. The van der Waals surface area contributed by atoms with Gasteiger partial charge in [0, 0.05) is 17.2 Å². The Hall–Kier alpha value is -2.87. The van der Waals surface area contributed by atoms with E-state index in [1.54, 1.807) is 18.2 Å². The molecule has 8 nitrogen and oxygen atoms in total. The number of rotatable bonds is 4. The van der Waals surface area contributed by atoms with Crippen molar-refractivity contribution in [1.82, 2.24) is 4.98 Å². The van der Waals surface area contributed by atoms with Crippen molar-refractivity contribution in [3.05, 3.63) is 51.7 Å². The molecule has 0 aliphatic carbocycles. The molecule has 1 aromatic carbocycles. The first-order chi connectivity index (χ1) is 10.5. The second-order valence-corrected chi connectivity index (χ2v) is 4.52. The highest BCUT2D eigenvalue weighted by Crippen LogP contribution is 2.27. The molecule has 2 rings (SSSR count). The van der Waals surface area contributed by atoms with Crippen LogP contribution in [0.25, 0.3) is 0 Å². The summed E-state index contributed by atoms with van der Waals surface area (Å²) < 4.78 is 5.10. The summed E-state index contributed by atoms with van der Waals surface area (Å²) in [4.78, 5) is 25.6. The Balaban J connectivity index is 2.05. The van der Waals surface area contributed by atoms with Crippen molar-refractivity contribution in [1.29, 1.82) is 0 Å². The fraction of sp³-hybridized carbons (Fsp3) is 0.0769. The average molecular weight is 323 g/mol. The number of nitro groups is 1. The highest BCUT2D eigenvalue weighted by Gasteiger charge is 2.10. The van der Waals surface area contributed by atoms with Crippen LogP contribution in [0.5, 0.6) is 5.75 Å². The minimum absolute atomic E-state index is 0.162. The van der Waals surface area contributed by atoms with E-state index < -0.39 is 11.0 Å². The molecule has 2 N–H and O–H groups in total. The fourth-order valence-corrected chi connectivity index (χ4v) is 1.77.